The van der Waals surface area contributed by atoms with Crippen LogP contribution in [0, 0.1) is 6.92 Å². The Kier molecular flexibility index (Phi) is 4.44. The van der Waals surface area contributed by atoms with Crippen molar-refractivity contribution in [3.63, 3.8) is 0 Å². The first-order valence-electron chi connectivity index (χ1n) is 7.40. The van der Waals surface area contributed by atoms with Gasteiger partial charge >= 0.3 is 0 Å². The summed E-state index contributed by atoms with van der Waals surface area (Å²) in [5.74, 6) is 0.354. The lowest BCUT2D eigenvalue weighted by molar-refractivity contribution is -0.121. The standard InChI is InChI=1S/C15H20N4O2S/c1-11-10-13(21-17-11)16-15(20)12(2)18-5-7-19(8-6-18)14-4-3-9-22-14/h3-4,9-10,12H,5-8H2,1-2H3,(H,16,20)/t12-/m1/s1. The van der Waals surface area contributed by atoms with Crippen molar-refractivity contribution in [2.24, 2.45) is 0 Å². The second-order valence-electron chi connectivity index (χ2n) is 5.47. The average molecular weight is 320 g/mol. The van der Waals surface area contributed by atoms with Crippen molar-refractivity contribution in [2.75, 3.05) is 36.4 Å². The lowest BCUT2D eigenvalue weighted by atomic mass is 10.2. The summed E-state index contributed by atoms with van der Waals surface area (Å²) in [6, 6.07) is 5.75. The smallest absolute Gasteiger partial charge is 0.243 e. The Morgan fingerprint density at radius 3 is 2.77 bits per heavy atom. The largest absolute Gasteiger partial charge is 0.361 e. The van der Waals surface area contributed by atoms with Gasteiger partial charge in [0.1, 0.15) is 0 Å². The molecule has 3 rings (SSSR count). The first-order chi connectivity index (χ1) is 10.6. The van der Waals surface area contributed by atoms with E-state index in [0.29, 0.717) is 5.88 Å². The third-order valence-electron chi connectivity index (χ3n) is 3.93. The molecule has 0 spiro atoms. The van der Waals surface area contributed by atoms with Gasteiger partial charge in [-0.2, -0.15) is 0 Å². The van der Waals surface area contributed by atoms with Crippen LogP contribution in [0.3, 0.4) is 0 Å². The summed E-state index contributed by atoms with van der Waals surface area (Å²) in [5.41, 5.74) is 0.757. The van der Waals surface area contributed by atoms with Crippen LogP contribution in [0.15, 0.2) is 28.1 Å². The lowest BCUT2D eigenvalue weighted by Gasteiger charge is -2.37. The van der Waals surface area contributed by atoms with E-state index in [1.807, 2.05) is 13.8 Å². The maximum Gasteiger partial charge on any atom is 0.243 e. The zero-order valence-electron chi connectivity index (χ0n) is 12.8. The van der Waals surface area contributed by atoms with Gasteiger partial charge in [-0.05, 0) is 31.4 Å². The second kappa shape index (κ2) is 6.50. The number of carbonyl (C=O) groups is 1. The highest BCUT2D eigenvalue weighted by Crippen LogP contribution is 2.23. The molecule has 1 atom stereocenters. The Labute approximate surface area is 133 Å². The number of amides is 1. The molecule has 118 valence electrons. The van der Waals surface area contributed by atoms with Gasteiger partial charge in [-0.3, -0.25) is 15.0 Å². The molecule has 1 aliphatic heterocycles. The van der Waals surface area contributed by atoms with E-state index in [4.69, 9.17) is 4.52 Å². The number of nitrogens with one attached hydrogen (secondary N) is 1. The van der Waals surface area contributed by atoms with Gasteiger partial charge in [0.25, 0.3) is 0 Å². The van der Waals surface area contributed by atoms with Crippen LogP contribution in [0.5, 0.6) is 0 Å². The monoisotopic (exact) mass is 320 g/mol. The third kappa shape index (κ3) is 3.31. The number of hydrogen-bond acceptors (Lipinski definition) is 6. The van der Waals surface area contributed by atoms with Crippen molar-refractivity contribution in [1.82, 2.24) is 10.1 Å². The minimum atomic E-state index is -0.184. The second-order valence-corrected chi connectivity index (χ2v) is 6.40. The Balaban J connectivity index is 1.53. The maximum atomic E-state index is 12.3. The molecule has 1 amide bonds. The van der Waals surface area contributed by atoms with E-state index in [1.165, 1.54) is 5.00 Å². The number of aromatic nitrogens is 1. The molecule has 2 aromatic rings. The van der Waals surface area contributed by atoms with E-state index < -0.39 is 0 Å². The number of nitrogens with zero attached hydrogens (tertiary/aromatic N) is 3. The van der Waals surface area contributed by atoms with Crippen LogP contribution >= 0.6 is 11.3 Å². The average Bonchev–Trinajstić information content (AvgIpc) is 3.18. The van der Waals surface area contributed by atoms with Gasteiger partial charge in [-0.25, -0.2) is 0 Å². The Morgan fingerprint density at radius 1 is 1.41 bits per heavy atom. The summed E-state index contributed by atoms with van der Waals surface area (Å²) in [7, 11) is 0. The molecular formula is C15H20N4O2S. The molecule has 0 bridgehead atoms. The van der Waals surface area contributed by atoms with E-state index in [0.717, 1.165) is 31.9 Å². The zero-order valence-corrected chi connectivity index (χ0v) is 13.6. The van der Waals surface area contributed by atoms with E-state index >= 15 is 0 Å². The molecule has 0 aromatic carbocycles. The third-order valence-corrected chi connectivity index (χ3v) is 4.86. The fourth-order valence-electron chi connectivity index (χ4n) is 2.59. The number of thiophene rings is 1. The quantitative estimate of drug-likeness (QED) is 0.936. The molecule has 7 heteroatoms. The van der Waals surface area contributed by atoms with E-state index in [2.05, 4.69) is 37.8 Å². The molecule has 0 saturated carbocycles. The first-order valence-corrected chi connectivity index (χ1v) is 8.28. The summed E-state index contributed by atoms with van der Waals surface area (Å²) < 4.78 is 5.03. The van der Waals surface area contributed by atoms with Gasteiger partial charge < -0.3 is 9.42 Å². The van der Waals surface area contributed by atoms with Gasteiger partial charge in [-0.1, -0.05) is 5.16 Å². The van der Waals surface area contributed by atoms with Gasteiger partial charge in [-0.15, -0.1) is 11.3 Å². The fourth-order valence-corrected chi connectivity index (χ4v) is 3.38. The van der Waals surface area contributed by atoms with Crippen LogP contribution in [0.25, 0.3) is 0 Å². The summed E-state index contributed by atoms with van der Waals surface area (Å²) in [5, 5.41) is 9.94. The predicted octanol–water partition coefficient (Wildman–Crippen LogP) is 2.19. The van der Waals surface area contributed by atoms with Crippen LogP contribution < -0.4 is 10.2 Å². The molecule has 0 aliphatic carbocycles. The minimum Gasteiger partial charge on any atom is -0.361 e. The van der Waals surface area contributed by atoms with E-state index in [9.17, 15) is 4.79 Å². The Morgan fingerprint density at radius 2 is 2.18 bits per heavy atom. The molecule has 1 saturated heterocycles. The van der Waals surface area contributed by atoms with Crippen molar-refractivity contribution >= 4 is 28.1 Å². The summed E-state index contributed by atoms with van der Waals surface area (Å²) in [6.07, 6.45) is 0. The summed E-state index contributed by atoms with van der Waals surface area (Å²) in [6.45, 7) is 7.40. The fraction of sp³-hybridized carbons (Fsp3) is 0.467. The lowest BCUT2D eigenvalue weighted by Crippen LogP contribution is -2.52. The summed E-state index contributed by atoms with van der Waals surface area (Å²) >= 11 is 1.76. The number of anilines is 2. The molecule has 6 nitrogen and oxygen atoms in total. The topological polar surface area (TPSA) is 61.6 Å². The normalized spacial score (nSPS) is 17.5. The molecule has 0 unspecified atom stereocenters. The van der Waals surface area contributed by atoms with Crippen molar-refractivity contribution in [1.29, 1.82) is 0 Å². The Hall–Kier alpha value is -1.86. The molecule has 22 heavy (non-hydrogen) atoms. The number of hydrogen-bond donors (Lipinski definition) is 1. The van der Waals surface area contributed by atoms with Gasteiger partial charge in [0, 0.05) is 32.2 Å². The summed E-state index contributed by atoms with van der Waals surface area (Å²) in [4.78, 5) is 16.8. The zero-order chi connectivity index (χ0) is 15.5. The van der Waals surface area contributed by atoms with Crippen molar-refractivity contribution in [3.8, 4) is 0 Å². The minimum absolute atomic E-state index is 0.0549. The molecule has 2 aromatic heterocycles. The van der Waals surface area contributed by atoms with E-state index in [1.54, 1.807) is 17.4 Å². The van der Waals surface area contributed by atoms with Crippen LogP contribution in [0.1, 0.15) is 12.6 Å². The van der Waals surface area contributed by atoms with Crippen molar-refractivity contribution in [3.05, 3.63) is 29.3 Å². The van der Waals surface area contributed by atoms with Crippen LogP contribution in [0.4, 0.5) is 10.9 Å². The van der Waals surface area contributed by atoms with Crippen LogP contribution in [0.2, 0.25) is 0 Å². The SMILES string of the molecule is Cc1cc(NC(=O)[C@@H](C)N2CCN(c3cccs3)CC2)on1. The van der Waals surface area contributed by atoms with Crippen LogP contribution in [-0.2, 0) is 4.79 Å². The van der Waals surface area contributed by atoms with Crippen LogP contribution in [-0.4, -0.2) is 48.2 Å². The van der Waals surface area contributed by atoms with Gasteiger partial charge in [0.15, 0.2) is 0 Å². The highest BCUT2D eigenvalue weighted by Gasteiger charge is 2.26. The number of piperazine rings is 1. The highest BCUT2D eigenvalue weighted by atomic mass is 32.1. The highest BCUT2D eigenvalue weighted by molar-refractivity contribution is 7.14. The van der Waals surface area contributed by atoms with E-state index in [-0.39, 0.29) is 11.9 Å². The molecule has 1 fully saturated rings. The molecule has 3 heterocycles. The number of carbonyl (C=O) groups excluding carboxylic acids is 1. The molecule has 1 aliphatic rings. The van der Waals surface area contributed by atoms with Gasteiger partial charge in [0.2, 0.25) is 11.8 Å². The Bertz CT molecular complexity index is 617. The predicted molar refractivity (Wildman–Crippen MR) is 87.4 cm³/mol. The van der Waals surface area contributed by atoms with Gasteiger partial charge in [0.05, 0.1) is 16.7 Å². The first kappa shape index (κ1) is 15.1. The molecule has 0 radical (unpaired) electrons. The van der Waals surface area contributed by atoms with Crippen molar-refractivity contribution < 1.29 is 9.32 Å². The maximum absolute atomic E-state index is 12.3. The van der Waals surface area contributed by atoms with Crippen molar-refractivity contribution in [2.45, 2.75) is 19.9 Å². The molecule has 1 N–H and O–H groups in total. The molecular weight excluding hydrogens is 300 g/mol. The number of rotatable bonds is 4. The number of aryl methyl sites for hydroxylation is 1.